The molecule has 0 saturated carbocycles. The summed E-state index contributed by atoms with van der Waals surface area (Å²) in [5.41, 5.74) is -0.0938. The summed E-state index contributed by atoms with van der Waals surface area (Å²) < 4.78 is 0. The van der Waals surface area contributed by atoms with E-state index in [9.17, 15) is 9.59 Å². The van der Waals surface area contributed by atoms with Gasteiger partial charge in [-0.05, 0) is 6.44 Å². The van der Waals surface area contributed by atoms with E-state index in [1.165, 1.54) is 12.2 Å². The van der Waals surface area contributed by atoms with Crippen molar-refractivity contribution in [1.29, 1.82) is 0 Å². The van der Waals surface area contributed by atoms with Crippen molar-refractivity contribution >= 4 is 28.4 Å². The maximum absolute atomic E-state index is 10.2. The third-order valence-electron chi connectivity index (χ3n) is 0.760. The molecule has 0 N–H and O–H groups in total. The molecule has 1 unspecified atom stereocenters. The van der Waals surface area contributed by atoms with E-state index in [4.69, 9.17) is 0 Å². The lowest BCUT2D eigenvalue weighted by Crippen LogP contribution is -2.24. The van der Waals surface area contributed by atoms with Crippen LogP contribution in [0.3, 0.4) is 0 Å². The fraction of sp³-hybridized carbons (Fsp3) is 0.500. The highest BCUT2D eigenvalue weighted by Crippen LogP contribution is 1.85. The van der Waals surface area contributed by atoms with Crippen molar-refractivity contribution in [2.24, 2.45) is 0 Å². The molecule has 0 saturated heterocycles. The van der Waals surface area contributed by atoms with Crippen molar-refractivity contribution < 1.29 is 9.59 Å². The van der Waals surface area contributed by atoms with E-state index in [0.29, 0.717) is 12.9 Å². The Hall–Kier alpha value is -0.365. The molecular formula is C4H8BNO2P. The van der Waals surface area contributed by atoms with Crippen LogP contribution in [0.15, 0.2) is 0 Å². The number of nitrogens with zero attached hydrogens (tertiary/aromatic N) is 1. The average molecular weight is 144 g/mol. The normalized spacial score (nSPS) is 8.22. The van der Waals surface area contributed by atoms with Crippen LogP contribution < -0.4 is 0 Å². The molecule has 0 aromatic rings. The van der Waals surface area contributed by atoms with Gasteiger partial charge in [0.2, 0.25) is 13.7 Å². The molecule has 0 fully saturated rings. The molecule has 0 heterocycles. The lowest BCUT2D eigenvalue weighted by atomic mass is 9.81. The standard InChI is InChI=1S/C4H8BNO2P/c1-6(3-7)2-5-4(8)9/h3H,2,9H2,1H3. The second-order valence-corrected chi connectivity index (χ2v) is 2.22. The van der Waals surface area contributed by atoms with E-state index in [1.807, 2.05) is 9.24 Å². The van der Waals surface area contributed by atoms with Crippen LogP contribution >= 0.6 is 9.24 Å². The Kier molecular flexibility index (Phi) is 4.32. The van der Waals surface area contributed by atoms with Gasteiger partial charge < -0.3 is 9.69 Å². The van der Waals surface area contributed by atoms with Gasteiger partial charge in [-0.1, -0.05) is 9.24 Å². The molecule has 1 atom stereocenters. The predicted molar refractivity (Wildman–Crippen MR) is 39.6 cm³/mol. The Labute approximate surface area is 57.2 Å². The Bertz CT molecular complexity index is 119. The molecule has 0 aliphatic rings. The minimum absolute atomic E-state index is 0.0938. The minimum Gasteiger partial charge on any atom is -0.356 e. The first kappa shape index (κ1) is 8.63. The predicted octanol–water partition coefficient (Wildman–Crippen LogP) is -0.269. The van der Waals surface area contributed by atoms with E-state index >= 15 is 0 Å². The zero-order valence-electron chi connectivity index (χ0n) is 5.20. The molecule has 0 aliphatic carbocycles. The van der Waals surface area contributed by atoms with Crippen LogP contribution in [0, 0.1) is 0 Å². The Morgan fingerprint density at radius 1 is 1.89 bits per heavy atom. The number of carbonyl (C=O) groups excluding carboxylic acids is 2. The first-order valence-electron chi connectivity index (χ1n) is 2.45. The van der Waals surface area contributed by atoms with Gasteiger partial charge in [-0.25, -0.2) is 0 Å². The second-order valence-electron chi connectivity index (χ2n) is 1.65. The van der Waals surface area contributed by atoms with E-state index < -0.39 is 0 Å². The maximum Gasteiger partial charge on any atom is 0.232 e. The zero-order chi connectivity index (χ0) is 7.28. The molecule has 0 aromatic carbocycles. The van der Waals surface area contributed by atoms with E-state index in [1.54, 1.807) is 7.05 Å². The number of hydrogen-bond donors (Lipinski definition) is 0. The first-order chi connectivity index (χ1) is 4.16. The van der Waals surface area contributed by atoms with Crippen LogP contribution in [-0.2, 0) is 4.79 Å². The summed E-state index contributed by atoms with van der Waals surface area (Å²) >= 11 is 0. The van der Waals surface area contributed by atoms with E-state index in [2.05, 4.69) is 0 Å². The van der Waals surface area contributed by atoms with Crippen LogP contribution in [0.1, 0.15) is 0 Å². The molecule has 3 nitrogen and oxygen atoms in total. The molecule has 49 valence electrons. The van der Waals surface area contributed by atoms with Gasteiger partial charge in [0.25, 0.3) is 0 Å². The molecule has 0 spiro atoms. The maximum atomic E-state index is 10.2. The smallest absolute Gasteiger partial charge is 0.232 e. The van der Waals surface area contributed by atoms with Gasteiger partial charge >= 0.3 is 0 Å². The van der Waals surface area contributed by atoms with Crippen molar-refractivity contribution in [2.45, 2.75) is 0 Å². The molecule has 5 heteroatoms. The summed E-state index contributed by atoms with van der Waals surface area (Å²) in [4.78, 5) is 21.5. The van der Waals surface area contributed by atoms with Gasteiger partial charge in [0.05, 0.1) is 0 Å². The molecule has 0 aliphatic heterocycles. The molecule has 9 heavy (non-hydrogen) atoms. The topological polar surface area (TPSA) is 37.4 Å². The summed E-state index contributed by atoms with van der Waals surface area (Å²) in [5.74, 6) is 0. The third-order valence-corrected chi connectivity index (χ3v) is 0.996. The van der Waals surface area contributed by atoms with Gasteiger partial charge in [-0.15, -0.1) is 0 Å². The Balaban J connectivity index is 3.26. The van der Waals surface area contributed by atoms with Crippen molar-refractivity contribution in [3.8, 4) is 0 Å². The van der Waals surface area contributed by atoms with Gasteiger partial charge in [0.1, 0.15) is 5.42 Å². The fourth-order valence-corrected chi connectivity index (χ4v) is 0.382. The van der Waals surface area contributed by atoms with Crippen LogP contribution in [0.4, 0.5) is 4.79 Å². The van der Waals surface area contributed by atoms with Crippen molar-refractivity contribution in [2.75, 3.05) is 13.5 Å². The van der Waals surface area contributed by atoms with Gasteiger partial charge in [-0.2, -0.15) is 0 Å². The zero-order valence-corrected chi connectivity index (χ0v) is 6.36. The van der Waals surface area contributed by atoms with Crippen molar-refractivity contribution in [3.05, 3.63) is 0 Å². The summed E-state index contributed by atoms with van der Waals surface area (Å²) in [7, 11) is 5.03. The SMILES string of the molecule is CN(C=O)C[B]C(=O)P. The lowest BCUT2D eigenvalue weighted by Gasteiger charge is -2.05. The van der Waals surface area contributed by atoms with Crippen molar-refractivity contribution in [3.63, 3.8) is 0 Å². The van der Waals surface area contributed by atoms with Gasteiger partial charge in [0.15, 0.2) is 0 Å². The highest BCUT2D eigenvalue weighted by molar-refractivity contribution is 7.49. The summed E-state index contributed by atoms with van der Waals surface area (Å²) in [6.07, 6.45) is 1.05. The number of amides is 1. The Morgan fingerprint density at radius 3 is 2.78 bits per heavy atom. The first-order valence-corrected chi connectivity index (χ1v) is 3.02. The summed E-state index contributed by atoms with van der Waals surface area (Å²) in [6, 6.07) is 0. The molecular weight excluding hydrogens is 136 g/mol. The largest absolute Gasteiger partial charge is 0.356 e. The molecule has 0 bridgehead atoms. The Morgan fingerprint density at radius 2 is 2.44 bits per heavy atom. The molecule has 0 rings (SSSR count). The van der Waals surface area contributed by atoms with Crippen LogP contribution in [-0.4, -0.2) is 37.5 Å². The number of carbonyl (C=O) groups is 2. The molecule has 1 radical (unpaired) electrons. The van der Waals surface area contributed by atoms with Crippen LogP contribution in [0.5, 0.6) is 0 Å². The molecule has 0 aromatic heterocycles. The fourth-order valence-electron chi connectivity index (χ4n) is 0.277. The third kappa shape index (κ3) is 5.51. The lowest BCUT2D eigenvalue weighted by molar-refractivity contribution is -0.116. The second kappa shape index (κ2) is 4.51. The minimum atomic E-state index is -0.0938. The van der Waals surface area contributed by atoms with Crippen LogP contribution in [0.25, 0.3) is 0 Å². The number of hydrogen-bond acceptors (Lipinski definition) is 2. The van der Waals surface area contributed by atoms with E-state index in [0.717, 1.165) is 0 Å². The van der Waals surface area contributed by atoms with Crippen LogP contribution in [0.2, 0.25) is 0 Å². The number of rotatable bonds is 4. The summed E-state index contributed by atoms with van der Waals surface area (Å²) in [6.45, 7) is 0. The highest BCUT2D eigenvalue weighted by Gasteiger charge is 1.98. The summed E-state index contributed by atoms with van der Waals surface area (Å²) in [5, 5.41) is 0. The van der Waals surface area contributed by atoms with E-state index in [-0.39, 0.29) is 5.42 Å². The molecule has 1 amide bonds. The quantitative estimate of drug-likeness (QED) is 0.309. The van der Waals surface area contributed by atoms with Gasteiger partial charge in [-0.3, -0.25) is 4.79 Å². The van der Waals surface area contributed by atoms with Gasteiger partial charge in [0, 0.05) is 7.05 Å². The monoisotopic (exact) mass is 144 g/mol. The average Bonchev–Trinajstić information content (AvgIpc) is 1.83. The highest BCUT2D eigenvalue weighted by atomic mass is 31.0. The van der Waals surface area contributed by atoms with Crippen molar-refractivity contribution in [1.82, 2.24) is 4.90 Å².